The van der Waals surface area contributed by atoms with Crippen LogP contribution in [-0.2, 0) is 11.2 Å². The molecule has 1 aliphatic rings. The van der Waals surface area contributed by atoms with Gasteiger partial charge in [-0.3, -0.25) is 4.79 Å². The second kappa shape index (κ2) is 6.06. The zero-order valence-corrected chi connectivity index (χ0v) is 13.2. The van der Waals surface area contributed by atoms with E-state index >= 15 is 0 Å². The predicted molar refractivity (Wildman–Crippen MR) is 95.8 cm³/mol. The third-order valence-corrected chi connectivity index (χ3v) is 3.97. The molecule has 0 aliphatic carbocycles. The summed E-state index contributed by atoms with van der Waals surface area (Å²) < 4.78 is 0. The maximum atomic E-state index is 11.8. The van der Waals surface area contributed by atoms with Crippen LogP contribution in [0.1, 0.15) is 5.56 Å². The minimum atomic E-state index is -0.0120. The molecular weight excluding hydrogens is 314 g/mol. The molecule has 0 unspecified atom stereocenters. The average Bonchev–Trinajstić information content (AvgIpc) is 3.02. The molecule has 0 spiro atoms. The molecule has 6 nitrogen and oxygen atoms in total. The summed E-state index contributed by atoms with van der Waals surface area (Å²) in [5.41, 5.74) is 4.99. The fourth-order valence-electron chi connectivity index (χ4n) is 2.85. The number of nitrogens with zero attached hydrogens (tertiary/aromatic N) is 3. The third kappa shape index (κ3) is 2.91. The fraction of sp³-hybridized carbons (Fsp3) is 0.0526. The van der Waals surface area contributed by atoms with Crippen LogP contribution < -0.4 is 10.6 Å². The standard InChI is InChI=1S/C19H13N5O/c1-20-14-10-21-19(22-11-14)23-13-7-15(12-5-3-2-4-6-12)16-9-18(25)24-17(16)8-13/h2-8,10-11H,9H2,(H,24,25)(H,21,22,23). The van der Waals surface area contributed by atoms with Crippen molar-refractivity contribution in [2.45, 2.75) is 6.42 Å². The van der Waals surface area contributed by atoms with Crippen molar-refractivity contribution in [3.63, 3.8) is 0 Å². The van der Waals surface area contributed by atoms with E-state index in [4.69, 9.17) is 6.57 Å². The fourth-order valence-corrected chi connectivity index (χ4v) is 2.85. The molecule has 2 aromatic carbocycles. The number of nitrogens with one attached hydrogen (secondary N) is 2. The van der Waals surface area contributed by atoms with Gasteiger partial charge < -0.3 is 10.6 Å². The van der Waals surface area contributed by atoms with E-state index in [2.05, 4.69) is 25.4 Å². The summed E-state index contributed by atoms with van der Waals surface area (Å²) in [5, 5.41) is 6.03. The first-order valence-corrected chi connectivity index (χ1v) is 7.71. The molecule has 2 heterocycles. The lowest BCUT2D eigenvalue weighted by molar-refractivity contribution is -0.115. The topological polar surface area (TPSA) is 71.3 Å². The molecule has 25 heavy (non-hydrogen) atoms. The largest absolute Gasteiger partial charge is 0.325 e. The SMILES string of the molecule is [C-]#[N+]c1cnc(Nc2cc3c(c(-c4ccccc4)c2)CC(=O)N3)nc1. The van der Waals surface area contributed by atoms with Crippen molar-refractivity contribution in [3.05, 3.63) is 71.8 Å². The van der Waals surface area contributed by atoms with Crippen LogP contribution in [0.4, 0.5) is 23.0 Å². The number of amides is 1. The van der Waals surface area contributed by atoms with Crippen LogP contribution >= 0.6 is 0 Å². The van der Waals surface area contributed by atoms with Gasteiger partial charge in [0.2, 0.25) is 17.5 Å². The molecule has 2 N–H and O–H groups in total. The van der Waals surface area contributed by atoms with E-state index in [0.29, 0.717) is 18.1 Å². The van der Waals surface area contributed by atoms with E-state index in [-0.39, 0.29) is 5.91 Å². The number of rotatable bonds is 3. The Morgan fingerprint density at radius 3 is 2.60 bits per heavy atom. The first kappa shape index (κ1) is 14.8. The van der Waals surface area contributed by atoms with Crippen molar-refractivity contribution < 1.29 is 4.79 Å². The van der Waals surface area contributed by atoms with Crippen molar-refractivity contribution in [3.8, 4) is 11.1 Å². The summed E-state index contributed by atoms with van der Waals surface area (Å²) in [4.78, 5) is 23.4. The van der Waals surface area contributed by atoms with Crippen LogP contribution in [0, 0.1) is 6.57 Å². The Morgan fingerprint density at radius 2 is 1.88 bits per heavy atom. The first-order chi connectivity index (χ1) is 12.2. The highest BCUT2D eigenvalue weighted by atomic mass is 16.1. The van der Waals surface area contributed by atoms with Gasteiger partial charge in [-0.1, -0.05) is 30.3 Å². The number of anilines is 3. The second-order valence-corrected chi connectivity index (χ2v) is 5.64. The van der Waals surface area contributed by atoms with Gasteiger partial charge in [-0.15, -0.1) is 0 Å². The van der Waals surface area contributed by atoms with Gasteiger partial charge in [-0.2, -0.15) is 0 Å². The monoisotopic (exact) mass is 327 g/mol. The smallest absolute Gasteiger partial charge is 0.228 e. The van der Waals surface area contributed by atoms with Crippen LogP contribution in [-0.4, -0.2) is 15.9 Å². The van der Waals surface area contributed by atoms with Crippen LogP contribution in [0.15, 0.2) is 54.9 Å². The summed E-state index contributed by atoms with van der Waals surface area (Å²) in [5.74, 6) is 0.387. The lowest BCUT2D eigenvalue weighted by atomic mass is 9.97. The van der Waals surface area contributed by atoms with Gasteiger partial charge in [-0.05, 0) is 28.8 Å². The number of fused-ring (bicyclic) bond motifs is 1. The number of carbonyl (C=O) groups is 1. The lowest BCUT2D eigenvalue weighted by Crippen LogP contribution is -2.03. The highest BCUT2D eigenvalue weighted by Crippen LogP contribution is 2.37. The molecule has 0 bridgehead atoms. The van der Waals surface area contributed by atoms with Gasteiger partial charge in [-0.25, -0.2) is 14.8 Å². The first-order valence-electron chi connectivity index (χ1n) is 7.71. The summed E-state index contributed by atoms with van der Waals surface area (Å²) in [6.07, 6.45) is 3.31. The van der Waals surface area contributed by atoms with Crippen molar-refractivity contribution in [2.24, 2.45) is 0 Å². The average molecular weight is 327 g/mol. The van der Waals surface area contributed by atoms with E-state index in [0.717, 1.165) is 28.1 Å². The molecule has 0 saturated heterocycles. The Hall–Kier alpha value is -3.72. The highest BCUT2D eigenvalue weighted by Gasteiger charge is 2.22. The van der Waals surface area contributed by atoms with Crippen molar-refractivity contribution in [1.82, 2.24) is 9.97 Å². The zero-order chi connectivity index (χ0) is 17.2. The Morgan fingerprint density at radius 1 is 1.12 bits per heavy atom. The molecular formula is C19H13N5O. The predicted octanol–water partition coefficient (Wildman–Crippen LogP) is 3.93. The minimum Gasteiger partial charge on any atom is -0.325 e. The van der Waals surface area contributed by atoms with Crippen LogP contribution in [0.2, 0.25) is 0 Å². The molecule has 0 radical (unpaired) electrons. The van der Waals surface area contributed by atoms with E-state index in [9.17, 15) is 4.79 Å². The van der Waals surface area contributed by atoms with Crippen LogP contribution in [0.5, 0.6) is 0 Å². The van der Waals surface area contributed by atoms with Gasteiger partial charge in [0.1, 0.15) is 0 Å². The lowest BCUT2D eigenvalue weighted by Gasteiger charge is -2.12. The highest BCUT2D eigenvalue weighted by molar-refractivity contribution is 6.03. The summed E-state index contributed by atoms with van der Waals surface area (Å²) in [6.45, 7) is 6.95. The normalized spacial score (nSPS) is 12.2. The van der Waals surface area contributed by atoms with E-state index in [1.165, 1.54) is 12.4 Å². The number of aromatic nitrogens is 2. The van der Waals surface area contributed by atoms with Gasteiger partial charge in [0.25, 0.3) is 0 Å². The summed E-state index contributed by atoms with van der Waals surface area (Å²) in [6, 6.07) is 13.8. The van der Waals surface area contributed by atoms with Gasteiger partial charge >= 0.3 is 0 Å². The van der Waals surface area contributed by atoms with Crippen LogP contribution in [0.3, 0.4) is 0 Å². The Bertz CT molecular complexity index is 991. The van der Waals surface area contributed by atoms with Crippen molar-refractivity contribution >= 4 is 28.9 Å². The number of benzene rings is 2. The minimum absolute atomic E-state index is 0.0120. The number of carbonyl (C=O) groups excluding carboxylic acids is 1. The maximum absolute atomic E-state index is 11.8. The quantitative estimate of drug-likeness (QED) is 0.715. The van der Waals surface area contributed by atoms with Crippen molar-refractivity contribution in [1.29, 1.82) is 0 Å². The van der Waals surface area contributed by atoms with Gasteiger partial charge in [0, 0.05) is 23.8 Å². The second-order valence-electron chi connectivity index (χ2n) is 5.64. The molecule has 3 aromatic rings. The number of hydrogen-bond acceptors (Lipinski definition) is 4. The van der Waals surface area contributed by atoms with Crippen LogP contribution in [0.25, 0.3) is 16.0 Å². The Kier molecular flexibility index (Phi) is 3.60. The molecule has 4 rings (SSSR count). The molecule has 1 aromatic heterocycles. The molecule has 0 saturated carbocycles. The molecule has 1 aliphatic heterocycles. The molecule has 0 atom stereocenters. The third-order valence-electron chi connectivity index (χ3n) is 3.97. The van der Waals surface area contributed by atoms with E-state index < -0.39 is 0 Å². The van der Waals surface area contributed by atoms with Gasteiger partial charge in [0.05, 0.1) is 13.0 Å². The molecule has 6 heteroatoms. The summed E-state index contributed by atoms with van der Waals surface area (Å²) in [7, 11) is 0. The Balaban J connectivity index is 1.75. The maximum Gasteiger partial charge on any atom is 0.228 e. The Labute approximate surface area is 144 Å². The van der Waals surface area contributed by atoms with E-state index in [1.807, 2.05) is 42.5 Å². The van der Waals surface area contributed by atoms with Crippen molar-refractivity contribution in [2.75, 3.05) is 10.6 Å². The number of hydrogen-bond donors (Lipinski definition) is 2. The zero-order valence-electron chi connectivity index (χ0n) is 13.2. The summed E-state index contributed by atoms with van der Waals surface area (Å²) >= 11 is 0. The molecule has 1 amide bonds. The van der Waals surface area contributed by atoms with E-state index in [1.54, 1.807) is 0 Å². The van der Waals surface area contributed by atoms with Gasteiger partial charge in [0.15, 0.2) is 0 Å². The molecule has 0 fully saturated rings. The molecule has 120 valence electrons.